The van der Waals surface area contributed by atoms with Crippen molar-refractivity contribution < 1.29 is 4.79 Å². The van der Waals surface area contributed by atoms with E-state index >= 15 is 0 Å². The van der Waals surface area contributed by atoms with E-state index in [-0.39, 0.29) is 5.91 Å². The first-order valence-electron chi connectivity index (χ1n) is 8.35. The van der Waals surface area contributed by atoms with E-state index in [0.717, 1.165) is 46.2 Å². The van der Waals surface area contributed by atoms with Crippen LogP contribution in [-0.2, 0) is 4.79 Å². The Morgan fingerprint density at radius 3 is 2.76 bits per heavy atom. The van der Waals surface area contributed by atoms with Crippen LogP contribution in [0.2, 0.25) is 0 Å². The number of hydrogen-bond acceptors (Lipinski definition) is 7. The Balaban J connectivity index is 1.30. The van der Waals surface area contributed by atoms with Gasteiger partial charge in [-0.15, -0.1) is 21.5 Å². The van der Waals surface area contributed by atoms with Crippen molar-refractivity contribution in [3.8, 4) is 0 Å². The minimum absolute atomic E-state index is 0.00395. The van der Waals surface area contributed by atoms with Gasteiger partial charge >= 0.3 is 0 Å². The summed E-state index contributed by atoms with van der Waals surface area (Å²) in [4.78, 5) is 19.0. The highest BCUT2D eigenvalue weighted by molar-refractivity contribution is 7.22. The molecule has 1 fully saturated rings. The molecule has 6 nitrogen and oxygen atoms in total. The molecule has 130 valence electrons. The normalized spacial score (nSPS) is 16.4. The number of likely N-dealkylation sites (tertiary alicyclic amines) is 1. The summed E-state index contributed by atoms with van der Waals surface area (Å²) in [6, 6.07) is 7.91. The topological polar surface area (TPSA) is 71.0 Å². The Morgan fingerprint density at radius 2 is 2.04 bits per heavy atom. The highest BCUT2D eigenvalue weighted by Gasteiger charge is 2.24. The number of nitrogens with zero attached hydrogens (tertiary/aromatic N) is 4. The molecule has 0 aliphatic carbocycles. The van der Waals surface area contributed by atoms with Gasteiger partial charge in [-0.05, 0) is 45.0 Å². The van der Waals surface area contributed by atoms with Crippen LogP contribution in [0.5, 0.6) is 0 Å². The molecule has 0 unspecified atom stereocenters. The SMILES string of the molecule is Cc1nnc(C2CCN(CC(=O)Nc3nc4ccccc4s3)CC2)s1. The van der Waals surface area contributed by atoms with E-state index in [2.05, 4.69) is 25.4 Å². The lowest BCUT2D eigenvalue weighted by molar-refractivity contribution is -0.117. The predicted octanol–water partition coefficient (Wildman–Crippen LogP) is 3.27. The van der Waals surface area contributed by atoms with Gasteiger partial charge in [0, 0.05) is 5.92 Å². The number of nitrogens with one attached hydrogen (secondary N) is 1. The number of hydrogen-bond donors (Lipinski definition) is 1. The van der Waals surface area contributed by atoms with Crippen LogP contribution in [0.3, 0.4) is 0 Å². The fourth-order valence-electron chi connectivity index (χ4n) is 3.10. The van der Waals surface area contributed by atoms with Crippen molar-refractivity contribution in [2.24, 2.45) is 0 Å². The van der Waals surface area contributed by atoms with Crippen LogP contribution in [0.4, 0.5) is 5.13 Å². The fourth-order valence-corrected chi connectivity index (χ4v) is 4.85. The Labute approximate surface area is 153 Å². The summed E-state index contributed by atoms with van der Waals surface area (Å²) in [5.74, 6) is 0.485. The summed E-state index contributed by atoms with van der Waals surface area (Å²) in [6.07, 6.45) is 2.06. The maximum Gasteiger partial charge on any atom is 0.240 e. The van der Waals surface area contributed by atoms with Gasteiger partial charge in [-0.25, -0.2) is 4.98 Å². The minimum atomic E-state index is 0.00395. The number of piperidine rings is 1. The number of aryl methyl sites for hydroxylation is 1. The largest absolute Gasteiger partial charge is 0.301 e. The molecule has 1 saturated heterocycles. The first-order valence-corrected chi connectivity index (χ1v) is 9.98. The van der Waals surface area contributed by atoms with Gasteiger partial charge in [-0.2, -0.15) is 0 Å². The van der Waals surface area contributed by atoms with Crippen molar-refractivity contribution in [2.75, 3.05) is 25.0 Å². The molecule has 0 bridgehead atoms. The predicted molar refractivity (Wildman–Crippen MR) is 101 cm³/mol. The third-order valence-corrected chi connectivity index (χ3v) is 6.34. The average molecular weight is 374 g/mol. The lowest BCUT2D eigenvalue weighted by atomic mass is 9.98. The number of para-hydroxylation sites is 1. The molecule has 1 aromatic carbocycles. The third-order valence-electron chi connectivity index (χ3n) is 4.39. The Morgan fingerprint density at radius 1 is 1.24 bits per heavy atom. The molecule has 25 heavy (non-hydrogen) atoms. The van der Waals surface area contributed by atoms with Crippen molar-refractivity contribution in [3.05, 3.63) is 34.3 Å². The van der Waals surface area contributed by atoms with E-state index in [9.17, 15) is 4.79 Å². The third kappa shape index (κ3) is 3.86. The van der Waals surface area contributed by atoms with Crippen molar-refractivity contribution in [1.82, 2.24) is 20.1 Å². The second kappa shape index (κ2) is 7.15. The molecule has 8 heteroatoms. The number of carbonyl (C=O) groups excluding carboxylic acids is 1. The van der Waals surface area contributed by atoms with Gasteiger partial charge in [-0.3, -0.25) is 9.69 Å². The maximum absolute atomic E-state index is 12.3. The molecule has 1 N–H and O–H groups in total. The number of thiazole rings is 1. The van der Waals surface area contributed by atoms with E-state index in [1.807, 2.05) is 31.2 Å². The monoisotopic (exact) mass is 373 g/mol. The lowest BCUT2D eigenvalue weighted by Gasteiger charge is -2.30. The van der Waals surface area contributed by atoms with Gasteiger partial charge in [-0.1, -0.05) is 23.5 Å². The van der Waals surface area contributed by atoms with Crippen LogP contribution in [0.25, 0.3) is 10.2 Å². The number of amides is 1. The van der Waals surface area contributed by atoms with Crippen LogP contribution in [0.15, 0.2) is 24.3 Å². The molecule has 0 atom stereocenters. The molecule has 4 rings (SSSR count). The number of aromatic nitrogens is 3. The van der Waals surface area contributed by atoms with Gasteiger partial charge in [0.05, 0.1) is 16.8 Å². The summed E-state index contributed by atoms with van der Waals surface area (Å²) in [5, 5.41) is 14.1. The Hall–Kier alpha value is -1.90. The Kier molecular flexibility index (Phi) is 4.74. The summed E-state index contributed by atoms with van der Waals surface area (Å²) >= 11 is 3.20. The molecule has 1 amide bonds. The molecule has 3 heterocycles. The van der Waals surface area contributed by atoms with Crippen LogP contribution < -0.4 is 5.32 Å². The molecule has 3 aromatic rings. The number of anilines is 1. The van der Waals surface area contributed by atoms with Crippen LogP contribution in [0.1, 0.15) is 28.8 Å². The number of carbonyl (C=O) groups is 1. The van der Waals surface area contributed by atoms with E-state index in [1.54, 1.807) is 11.3 Å². The maximum atomic E-state index is 12.3. The fraction of sp³-hybridized carbons (Fsp3) is 0.412. The van der Waals surface area contributed by atoms with Crippen molar-refractivity contribution in [3.63, 3.8) is 0 Å². The summed E-state index contributed by atoms with van der Waals surface area (Å²) in [7, 11) is 0. The van der Waals surface area contributed by atoms with Gasteiger partial charge in [0.2, 0.25) is 5.91 Å². The van der Waals surface area contributed by atoms with Gasteiger partial charge in [0.25, 0.3) is 0 Å². The average Bonchev–Trinajstić information content (AvgIpc) is 3.21. The van der Waals surface area contributed by atoms with Crippen LogP contribution in [-0.4, -0.2) is 45.6 Å². The quantitative estimate of drug-likeness (QED) is 0.760. The van der Waals surface area contributed by atoms with Crippen molar-refractivity contribution in [2.45, 2.75) is 25.7 Å². The van der Waals surface area contributed by atoms with Gasteiger partial charge in [0.15, 0.2) is 5.13 Å². The lowest BCUT2D eigenvalue weighted by Crippen LogP contribution is -2.38. The first kappa shape index (κ1) is 16.6. The highest BCUT2D eigenvalue weighted by atomic mass is 32.1. The molecule has 1 aliphatic rings. The number of rotatable bonds is 4. The van der Waals surface area contributed by atoms with Gasteiger partial charge < -0.3 is 5.32 Å². The molecule has 0 saturated carbocycles. The molecule has 0 spiro atoms. The number of benzene rings is 1. The zero-order valence-electron chi connectivity index (χ0n) is 13.9. The van der Waals surface area contributed by atoms with Crippen molar-refractivity contribution in [1.29, 1.82) is 0 Å². The second-order valence-electron chi connectivity index (χ2n) is 6.24. The van der Waals surface area contributed by atoms with Crippen LogP contribution in [0, 0.1) is 6.92 Å². The van der Waals surface area contributed by atoms with Crippen LogP contribution >= 0.6 is 22.7 Å². The summed E-state index contributed by atoms with van der Waals surface area (Å²) in [6.45, 7) is 4.23. The van der Waals surface area contributed by atoms with E-state index in [0.29, 0.717) is 17.6 Å². The number of fused-ring (bicyclic) bond motifs is 1. The second-order valence-corrected chi connectivity index (χ2v) is 8.49. The minimum Gasteiger partial charge on any atom is -0.301 e. The molecule has 0 radical (unpaired) electrons. The Bertz CT molecular complexity index is 849. The highest BCUT2D eigenvalue weighted by Crippen LogP contribution is 2.30. The standard InChI is InChI=1S/C17H19N5OS2/c1-11-20-21-16(24-11)12-6-8-22(9-7-12)10-15(23)19-17-18-13-4-2-3-5-14(13)25-17/h2-5,12H,6-10H2,1H3,(H,18,19,23). The van der Waals surface area contributed by atoms with E-state index < -0.39 is 0 Å². The summed E-state index contributed by atoms with van der Waals surface area (Å²) < 4.78 is 1.09. The summed E-state index contributed by atoms with van der Waals surface area (Å²) in [5.41, 5.74) is 0.927. The van der Waals surface area contributed by atoms with Gasteiger partial charge in [0.1, 0.15) is 10.0 Å². The molecular formula is C17H19N5OS2. The zero-order valence-corrected chi connectivity index (χ0v) is 15.6. The smallest absolute Gasteiger partial charge is 0.240 e. The van der Waals surface area contributed by atoms with E-state index in [4.69, 9.17) is 0 Å². The molecule has 2 aromatic heterocycles. The zero-order chi connectivity index (χ0) is 17.2. The van der Waals surface area contributed by atoms with E-state index in [1.165, 1.54) is 11.3 Å². The first-order chi connectivity index (χ1) is 12.2. The molecular weight excluding hydrogens is 354 g/mol. The van der Waals surface area contributed by atoms with Crippen molar-refractivity contribution >= 4 is 43.9 Å². The molecule has 1 aliphatic heterocycles.